The Labute approximate surface area is 96.5 Å². The molecular formula is C11H12F3NS. The number of hydrogen-bond donors (Lipinski definition) is 1. The average Bonchev–Trinajstić information content (AvgIpc) is 2.19. The number of thioether (sulfide) groups is 1. The van der Waals surface area contributed by atoms with E-state index < -0.39 is 11.7 Å². The summed E-state index contributed by atoms with van der Waals surface area (Å²) in [5.74, 6) is 0.700. The molecule has 0 spiro atoms. The highest BCUT2D eigenvalue weighted by Crippen LogP contribution is 2.34. The molecule has 0 atom stereocenters. The van der Waals surface area contributed by atoms with E-state index in [1.165, 1.54) is 17.8 Å². The first-order valence-corrected chi connectivity index (χ1v) is 5.64. The van der Waals surface area contributed by atoms with Crippen molar-refractivity contribution in [3.05, 3.63) is 35.9 Å². The molecule has 1 rings (SSSR count). The van der Waals surface area contributed by atoms with Crippen molar-refractivity contribution < 1.29 is 13.2 Å². The highest BCUT2D eigenvalue weighted by molar-refractivity contribution is 7.99. The fourth-order valence-corrected chi connectivity index (χ4v) is 1.95. The number of nitrogen functional groups attached to an aromatic ring is 1. The lowest BCUT2D eigenvalue weighted by Crippen LogP contribution is -2.05. The largest absolute Gasteiger partial charge is 0.416 e. The standard InChI is InChI=1S/C11H12F3NS/c1-2-3-6-16-10-5-4-8(7-9(10)15)11(12,13)14/h2-5,7H,6,15H2,1H3/b3-2+. The van der Waals surface area contributed by atoms with E-state index in [4.69, 9.17) is 5.73 Å². The minimum Gasteiger partial charge on any atom is -0.398 e. The number of halogens is 3. The molecule has 0 amide bonds. The SMILES string of the molecule is C/C=C/CSc1ccc(C(F)(F)F)cc1N. The van der Waals surface area contributed by atoms with Crippen LogP contribution in [-0.2, 0) is 6.18 Å². The van der Waals surface area contributed by atoms with Crippen molar-refractivity contribution in [1.29, 1.82) is 0 Å². The summed E-state index contributed by atoms with van der Waals surface area (Å²) in [7, 11) is 0. The van der Waals surface area contributed by atoms with Crippen molar-refractivity contribution in [1.82, 2.24) is 0 Å². The zero-order valence-corrected chi connectivity index (χ0v) is 9.53. The maximum absolute atomic E-state index is 12.3. The van der Waals surface area contributed by atoms with Crippen LogP contribution in [0.15, 0.2) is 35.2 Å². The second kappa shape index (κ2) is 5.30. The summed E-state index contributed by atoms with van der Waals surface area (Å²) >= 11 is 1.41. The van der Waals surface area contributed by atoms with Crippen LogP contribution in [0.2, 0.25) is 0 Å². The van der Waals surface area contributed by atoms with Gasteiger partial charge in [0.1, 0.15) is 0 Å². The van der Waals surface area contributed by atoms with Gasteiger partial charge in [0, 0.05) is 16.3 Å². The van der Waals surface area contributed by atoms with Gasteiger partial charge in [-0.3, -0.25) is 0 Å². The molecule has 0 aliphatic rings. The Kier molecular flexibility index (Phi) is 4.29. The average molecular weight is 247 g/mol. The normalized spacial score (nSPS) is 12.2. The van der Waals surface area contributed by atoms with Gasteiger partial charge < -0.3 is 5.73 Å². The van der Waals surface area contributed by atoms with Crippen molar-refractivity contribution in [3.63, 3.8) is 0 Å². The number of rotatable bonds is 3. The van der Waals surface area contributed by atoms with Crippen LogP contribution >= 0.6 is 11.8 Å². The summed E-state index contributed by atoms with van der Waals surface area (Å²) < 4.78 is 37.0. The molecule has 0 aliphatic heterocycles. The molecule has 2 N–H and O–H groups in total. The molecule has 0 aliphatic carbocycles. The van der Waals surface area contributed by atoms with E-state index in [1.807, 2.05) is 19.1 Å². The van der Waals surface area contributed by atoms with Gasteiger partial charge in [-0.1, -0.05) is 12.2 Å². The third-order valence-corrected chi connectivity index (χ3v) is 2.95. The second-order valence-electron chi connectivity index (χ2n) is 3.13. The summed E-state index contributed by atoms with van der Waals surface area (Å²) in [5.41, 5.74) is 5.02. The molecule has 0 saturated heterocycles. The van der Waals surface area contributed by atoms with Crippen LogP contribution in [0.3, 0.4) is 0 Å². The topological polar surface area (TPSA) is 26.0 Å². The molecule has 88 valence electrons. The molecule has 0 bridgehead atoms. The summed E-state index contributed by atoms with van der Waals surface area (Å²) in [6, 6.07) is 3.43. The Hall–Kier alpha value is -1.10. The monoisotopic (exact) mass is 247 g/mol. The maximum atomic E-state index is 12.3. The number of nitrogens with two attached hydrogens (primary N) is 1. The summed E-state index contributed by atoms with van der Waals surface area (Å²) in [6.45, 7) is 1.89. The summed E-state index contributed by atoms with van der Waals surface area (Å²) in [6.07, 6.45) is -0.532. The Morgan fingerprint density at radius 1 is 1.38 bits per heavy atom. The van der Waals surface area contributed by atoms with Gasteiger partial charge in [0.25, 0.3) is 0 Å². The van der Waals surface area contributed by atoms with E-state index >= 15 is 0 Å². The first-order chi connectivity index (χ1) is 7.45. The number of anilines is 1. The van der Waals surface area contributed by atoms with Crippen molar-refractivity contribution >= 4 is 17.4 Å². The van der Waals surface area contributed by atoms with Gasteiger partial charge in [-0.05, 0) is 25.1 Å². The van der Waals surface area contributed by atoms with Crippen LogP contribution in [-0.4, -0.2) is 5.75 Å². The lowest BCUT2D eigenvalue weighted by Gasteiger charge is -2.09. The smallest absolute Gasteiger partial charge is 0.398 e. The van der Waals surface area contributed by atoms with E-state index in [-0.39, 0.29) is 5.69 Å². The summed E-state index contributed by atoms with van der Waals surface area (Å²) in [5, 5.41) is 0. The highest BCUT2D eigenvalue weighted by Gasteiger charge is 2.30. The lowest BCUT2D eigenvalue weighted by molar-refractivity contribution is -0.137. The Morgan fingerprint density at radius 2 is 2.06 bits per heavy atom. The van der Waals surface area contributed by atoms with Gasteiger partial charge in [0.05, 0.1) is 5.56 Å². The zero-order chi connectivity index (χ0) is 12.2. The van der Waals surface area contributed by atoms with Crippen LogP contribution in [0.4, 0.5) is 18.9 Å². The number of benzene rings is 1. The Bertz CT molecular complexity index is 385. The molecule has 1 aromatic rings. The fourth-order valence-electron chi connectivity index (χ4n) is 1.09. The fraction of sp³-hybridized carbons (Fsp3) is 0.273. The van der Waals surface area contributed by atoms with E-state index in [1.54, 1.807) is 0 Å². The molecule has 0 radical (unpaired) electrons. The lowest BCUT2D eigenvalue weighted by atomic mass is 10.2. The third kappa shape index (κ3) is 3.48. The summed E-state index contributed by atoms with van der Waals surface area (Å²) in [4.78, 5) is 0.672. The molecule has 0 saturated carbocycles. The van der Waals surface area contributed by atoms with E-state index in [9.17, 15) is 13.2 Å². The minimum absolute atomic E-state index is 0.171. The van der Waals surface area contributed by atoms with Crippen molar-refractivity contribution in [2.75, 3.05) is 11.5 Å². The quantitative estimate of drug-likeness (QED) is 0.497. The molecule has 5 heteroatoms. The first kappa shape index (κ1) is 13.0. The minimum atomic E-state index is -4.33. The van der Waals surface area contributed by atoms with Gasteiger partial charge in [0.2, 0.25) is 0 Å². The maximum Gasteiger partial charge on any atom is 0.416 e. The Balaban J connectivity index is 2.83. The van der Waals surface area contributed by atoms with Gasteiger partial charge in [0.15, 0.2) is 0 Å². The van der Waals surface area contributed by atoms with E-state index in [0.717, 1.165) is 12.1 Å². The molecule has 16 heavy (non-hydrogen) atoms. The van der Waals surface area contributed by atoms with Crippen LogP contribution in [0.1, 0.15) is 12.5 Å². The Morgan fingerprint density at radius 3 is 2.56 bits per heavy atom. The predicted molar refractivity (Wildman–Crippen MR) is 61.4 cm³/mol. The van der Waals surface area contributed by atoms with Crippen molar-refractivity contribution in [2.24, 2.45) is 0 Å². The molecule has 1 nitrogen and oxygen atoms in total. The molecule has 0 aromatic heterocycles. The van der Waals surface area contributed by atoms with Crippen molar-refractivity contribution in [2.45, 2.75) is 18.0 Å². The van der Waals surface area contributed by atoms with Crippen LogP contribution in [0.25, 0.3) is 0 Å². The van der Waals surface area contributed by atoms with Gasteiger partial charge >= 0.3 is 6.18 Å². The number of allylic oxidation sites excluding steroid dienone is 1. The van der Waals surface area contributed by atoms with Gasteiger partial charge in [-0.15, -0.1) is 11.8 Å². The molecular weight excluding hydrogens is 235 g/mol. The number of alkyl halides is 3. The molecule has 0 fully saturated rings. The molecule has 0 heterocycles. The van der Waals surface area contributed by atoms with Crippen LogP contribution in [0.5, 0.6) is 0 Å². The highest BCUT2D eigenvalue weighted by atomic mass is 32.2. The second-order valence-corrected chi connectivity index (χ2v) is 4.19. The van der Waals surface area contributed by atoms with E-state index in [2.05, 4.69) is 0 Å². The zero-order valence-electron chi connectivity index (χ0n) is 8.71. The third-order valence-electron chi connectivity index (χ3n) is 1.91. The predicted octanol–water partition coefficient (Wildman–Crippen LogP) is 3.96. The van der Waals surface area contributed by atoms with Gasteiger partial charge in [-0.25, -0.2) is 0 Å². The van der Waals surface area contributed by atoms with E-state index in [0.29, 0.717) is 10.6 Å². The first-order valence-electron chi connectivity index (χ1n) is 4.66. The van der Waals surface area contributed by atoms with Gasteiger partial charge in [-0.2, -0.15) is 13.2 Å². The molecule has 1 aromatic carbocycles. The molecule has 0 unspecified atom stereocenters. The van der Waals surface area contributed by atoms with Crippen LogP contribution in [0, 0.1) is 0 Å². The van der Waals surface area contributed by atoms with Crippen molar-refractivity contribution in [3.8, 4) is 0 Å². The van der Waals surface area contributed by atoms with Crippen LogP contribution < -0.4 is 5.73 Å². The number of hydrogen-bond acceptors (Lipinski definition) is 2.